The molecule has 134 valence electrons. The SMILES string of the molecule is O=C(C1CCN(c2cc(C3CC3)ncn2)CC1)N1CC2CCCC2C1. The van der Waals surface area contributed by atoms with Crippen LogP contribution in [-0.2, 0) is 4.79 Å². The minimum absolute atomic E-state index is 0.222. The zero-order valence-corrected chi connectivity index (χ0v) is 14.9. The number of hydrogen-bond donors (Lipinski definition) is 0. The number of nitrogens with zero attached hydrogens (tertiary/aromatic N) is 4. The lowest BCUT2D eigenvalue weighted by atomic mass is 9.95. The fourth-order valence-electron chi connectivity index (χ4n) is 5.17. The second-order valence-corrected chi connectivity index (χ2v) is 8.53. The van der Waals surface area contributed by atoms with Crippen LogP contribution in [0.1, 0.15) is 56.6 Å². The average molecular weight is 340 g/mol. The molecule has 25 heavy (non-hydrogen) atoms. The van der Waals surface area contributed by atoms with E-state index < -0.39 is 0 Å². The quantitative estimate of drug-likeness (QED) is 0.849. The minimum atomic E-state index is 0.222. The standard InChI is InChI=1S/C20H28N4O/c25-20(24-11-16-2-1-3-17(16)12-24)15-6-8-23(9-7-15)19-10-18(14-4-5-14)21-13-22-19/h10,13-17H,1-9,11-12H2. The molecule has 0 aromatic carbocycles. The van der Waals surface area contributed by atoms with E-state index in [4.69, 9.17) is 0 Å². The topological polar surface area (TPSA) is 49.3 Å². The number of carbonyl (C=O) groups is 1. The van der Waals surface area contributed by atoms with Gasteiger partial charge in [-0.3, -0.25) is 4.79 Å². The van der Waals surface area contributed by atoms with Gasteiger partial charge in [0.2, 0.25) is 5.91 Å². The van der Waals surface area contributed by atoms with E-state index in [-0.39, 0.29) is 5.92 Å². The van der Waals surface area contributed by atoms with Gasteiger partial charge in [0.05, 0.1) is 0 Å². The van der Waals surface area contributed by atoms with Crippen LogP contribution in [0.15, 0.2) is 12.4 Å². The molecule has 3 heterocycles. The summed E-state index contributed by atoms with van der Waals surface area (Å²) in [5, 5.41) is 0. The number of hydrogen-bond acceptors (Lipinski definition) is 4. The minimum Gasteiger partial charge on any atom is -0.356 e. The second kappa shape index (κ2) is 6.26. The lowest BCUT2D eigenvalue weighted by Gasteiger charge is -2.34. The highest BCUT2D eigenvalue weighted by Gasteiger charge is 2.40. The molecule has 0 radical (unpaired) electrons. The van der Waals surface area contributed by atoms with Crippen molar-refractivity contribution in [2.75, 3.05) is 31.1 Å². The van der Waals surface area contributed by atoms with Gasteiger partial charge in [0, 0.05) is 49.8 Å². The van der Waals surface area contributed by atoms with Crippen LogP contribution in [0.25, 0.3) is 0 Å². The highest BCUT2D eigenvalue weighted by atomic mass is 16.2. The summed E-state index contributed by atoms with van der Waals surface area (Å²) in [5.41, 5.74) is 1.20. The molecule has 4 fully saturated rings. The van der Waals surface area contributed by atoms with E-state index in [9.17, 15) is 4.79 Å². The van der Waals surface area contributed by atoms with E-state index in [1.54, 1.807) is 6.33 Å². The highest BCUT2D eigenvalue weighted by molar-refractivity contribution is 5.79. The normalized spacial score (nSPS) is 29.9. The maximum Gasteiger partial charge on any atom is 0.225 e. The molecule has 5 rings (SSSR count). The molecule has 2 unspecified atom stereocenters. The van der Waals surface area contributed by atoms with E-state index in [1.165, 1.54) is 37.8 Å². The van der Waals surface area contributed by atoms with Crippen molar-refractivity contribution in [1.29, 1.82) is 0 Å². The molecular weight excluding hydrogens is 312 g/mol. The van der Waals surface area contributed by atoms with Gasteiger partial charge in [0.1, 0.15) is 12.1 Å². The number of fused-ring (bicyclic) bond motifs is 1. The van der Waals surface area contributed by atoms with Crippen molar-refractivity contribution >= 4 is 11.7 Å². The van der Waals surface area contributed by atoms with Gasteiger partial charge in [-0.25, -0.2) is 9.97 Å². The number of aromatic nitrogens is 2. The molecule has 2 saturated heterocycles. The van der Waals surface area contributed by atoms with Crippen LogP contribution in [0.2, 0.25) is 0 Å². The number of anilines is 1. The Morgan fingerprint density at radius 2 is 1.68 bits per heavy atom. The maximum absolute atomic E-state index is 12.9. The summed E-state index contributed by atoms with van der Waals surface area (Å²) in [6, 6.07) is 2.17. The van der Waals surface area contributed by atoms with Crippen molar-refractivity contribution in [2.45, 2.75) is 50.9 Å². The Hall–Kier alpha value is -1.65. The zero-order valence-electron chi connectivity index (χ0n) is 14.9. The molecule has 2 aliphatic heterocycles. The summed E-state index contributed by atoms with van der Waals surface area (Å²) in [4.78, 5) is 26.3. The summed E-state index contributed by atoms with van der Waals surface area (Å²) in [7, 11) is 0. The van der Waals surface area contributed by atoms with E-state index in [1.807, 2.05) is 0 Å². The first kappa shape index (κ1) is 15.6. The predicted molar refractivity (Wildman–Crippen MR) is 96.4 cm³/mol. The molecule has 2 aliphatic carbocycles. The maximum atomic E-state index is 12.9. The van der Waals surface area contributed by atoms with E-state index in [0.29, 0.717) is 11.8 Å². The van der Waals surface area contributed by atoms with Crippen molar-refractivity contribution < 1.29 is 4.79 Å². The van der Waals surface area contributed by atoms with Crippen LogP contribution in [0.4, 0.5) is 5.82 Å². The third kappa shape index (κ3) is 3.02. The van der Waals surface area contributed by atoms with Gasteiger partial charge < -0.3 is 9.80 Å². The Morgan fingerprint density at radius 3 is 2.36 bits per heavy atom. The molecule has 1 aromatic rings. The number of rotatable bonds is 3. The predicted octanol–water partition coefficient (Wildman–Crippen LogP) is 2.83. The van der Waals surface area contributed by atoms with Gasteiger partial charge in [0.25, 0.3) is 0 Å². The highest BCUT2D eigenvalue weighted by Crippen LogP contribution is 2.40. The van der Waals surface area contributed by atoms with Gasteiger partial charge in [-0.1, -0.05) is 6.42 Å². The molecule has 2 atom stereocenters. The lowest BCUT2D eigenvalue weighted by Crippen LogP contribution is -2.42. The van der Waals surface area contributed by atoms with Gasteiger partial charge in [-0.2, -0.15) is 0 Å². The monoisotopic (exact) mass is 340 g/mol. The summed E-state index contributed by atoms with van der Waals surface area (Å²) >= 11 is 0. The number of amides is 1. The number of carbonyl (C=O) groups excluding carboxylic acids is 1. The summed E-state index contributed by atoms with van der Waals surface area (Å²) in [6.07, 6.45) is 10.2. The summed E-state index contributed by atoms with van der Waals surface area (Å²) in [6.45, 7) is 3.94. The molecular formula is C20H28N4O. The average Bonchev–Trinajstić information content (AvgIpc) is 3.29. The molecule has 5 heteroatoms. The Morgan fingerprint density at radius 1 is 0.960 bits per heavy atom. The van der Waals surface area contributed by atoms with Crippen molar-refractivity contribution in [3.8, 4) is 0 Å². The fraction of sp³-hybridized carbons (Fsp3) is 0.750. The van der Waals surface area contributed by atoms with Crippen LogP contribution in [0.5, 0.6) is 0 Å². The molecule has 2 saturated carbocycles. The van der Waals surface area contributed by atoms with Gasteiger partial charge >= 0.3 is 0 Å². The Labute approximate surface area is 149 Å². The van der Waals surface area contributed by atoms with E-state index >= 15 is 0 Å². The Bertz CT molecular complexity index is 639. The van der Waals surface area contributed by atoms with Crippen molar-refractivity contribution in [1.82, 2.24) is 14.9 Å². The van der Waals surface area contributed by atoms with Crippen LogP contribution in [0.3, 0.4) is 0 Å². The summed E-state index contributed by atoms with van der Waals surface area (Å²) in [5.74, 6) is 3.96. The van der Waals surface area contributed by atoms with Gasteiger partial charge in [-0.05, 0) is 50.4 Å². The molecule has 1 aromatic heterocycles. The summed E-state index contributed by atoms with van der Waals surface area (Å²) < 4.78 is 0. The van der Waals surface area contributed by atoms with Crippen molar-refractivity contribution in [3.05, 3.63) is 18.1 Å². The van der Waals surface area contributed by atoms with Gasteiger partial charge in [-0.15, -0.1) is 0 Å². The first-order valence-electron chi connectivity index (χ1n) is 10.1. The van der Waals surface area contributed by atoms with E-state index in [0.717, 1.165) is 56.7 Å². The lowest BCUT2D eigenvalue weighted by molar-refractivity contribution is -0.135. The largest absolute Gasteiger partial charge is 0.356 e. The number of likely N-dealkylation sites (tertiary alicyclic amines) is 1. The zero-order chi connectivity index (χ0) is 16.8. The Balaban J connectivity index is 1.18. The number of piperidine rings is 1. The van der Waals surface area contributed by atoms with Crippen molar-refractivity contribution in [3.63, 3.8) is 0 Å². The second-order valence-electron chi connectivity index (χ2n) is 8.53. The third-order valence-electron chi connectivity index (χ3n) is 6.88. The van der Waals surface area contributed by atoms with E-state index in [2.05, 4.69) is 25.8 Å². The molecule has 0 spiro atoms. The van der Waals surface area contributed by atoms with Crippen LogP contribution < -0.4 is 4.90 Å². The smallest absolute Gasteiger partial charge is 0.225 e. The Kier molecular flexibility index (Phi) is 3.90. The van der Waals surface area contributed by atoms with Gasteiger partial charge in [0.15, 0.2) is 0 Å². The molecule has 1 amide bonds. The fourth-order valence-corrected chi connectivity index (χ4v) is 5.17. The molecule has 4 aliphatic rings. The first-order chi connectivity index (χ1) is 12.3. The molecule has 5 nitrogen and oxygen atoms in total. The van der Waals surface area contributed by atoms with Crippen LogP contribution >= 0.6 is 0 Å². The molecule has 0 bridgehead atoms. The first-order valence-corrected chi connectivity index (χ1v) is 10.1. The molecule has 0 N–H and O–H groups in total. The van der Waals surface area contributed by atoms with Crippen LogP contribution in [-0.4, -0.2) is 47.0 Å². The van der Waals surface area contributed by atoms with Crippen LogP contribution in [0, 0.1) is 17.8 Å². The third-order valence-corrected chi connectivity index (χ3v) is 6.88. The van der Waals surface area contributed by atoms with Crippen molar-refractivity contribution in [2.24, 2.45) is 17.8 Å².